The summed E-state index contributed by atoms with van der Waals surface area (Å²) >= 11 is 12.1. The Morgan fingerprint density at radius 1 is 1.19 bits per heavy atom. The zero-order chi connectivity index (χ0) is 18.2. The summed E-state index contributed by atoms with van der Waals surface area (Å²) in [5, 5.41) is 8.02. The maximum atomic E-state index is 6.21. The number of rotatable bonds is 6. The molecule has 148 valence electrons. The second-order valence-corrected chi connectivity index (χ2v) is 7.21. The summed E-state index contributed by atoms with van der Waals surface area (Å²) in [6.45, 7) is 11.7. The smallest absolute Gasteiger partial charge is 0.191 e. The molecule has 1 atom stereocenters. The van der Waals surface area contributed by atoms with Crippen molar-refractivity contribution in [1.82, 2.24) is 20.4 Å². The summed E-state index contributed by atoms with van der Waals surface area (Å²) in [6, 6.07) is 6.00. The lowest BCUT2D eigenvalue weighted by atomic mass is 10.2. The number of halogens is 3. The Balaban J connectivity index is 0.00000338. The van der Waals surface area contributed by atoms with E-state index in [1.54, 1.807) is 13.1 Å². The van der Waals surface area contributed by atoms with Crippen molar-refractivity contribution in [2.45, 2.75) is 26.4 Å². The van der Waals surface area contributed by atoms with E-state index in [9.17, 15) is 0 Å². The fraction of sp³-hybridized carbons (Fsp3) is 0.611. The molecular formula is C18H30Cl2IN5. The Morgan fingerprint density at radius 3 is 2.46 bits per heavy atom. The quantitative estimate of drug-likeness (QED) is 0.348. The van der Waals surface area contributed by atoms with Gasteiger partial charge < -0.3 is 15.5 Å². The molecule has 1 aliphatic rings. The van der Waals surface area contributed by atoms with Gasteiger partial charge in [-0.3, -0.25) is 9.89 Å². The molecular weight excluding hydrogens is 484 g/mol. The van der Waals surface area contributed by atoms with E-state index in [-0.39, 0.29) is 24.0 Å². The molecule has 8 heteroatoms. The number of likely N-dealkylation sites (N-methyl/N-ethyl adjacent to an activating group) is 1. The molecule has 2 N–H and O–H groups in total. The van der Waals surface area contributed by atoms with Crippen molar-refractivity contribution in [3.63, 3.8) is 0 Å². The molecule has 0 amide bonds. The van der Waals surface area contributed by atoms with Crippen LogP contribution in [0.2, 0.25) is 10.0 Å². The summed E-state index contributed by atoms with van der Waals surface area (Å²) in [5.74, 6) is 0.782. The fourth-order valence-corrected chi connectivity index (χ4v) is 3.43. The molecule has 0 spiro atoms. The molecule has 1 aromatic rings. The molecule has 0 radical (unpaired) electrons. The minimum absolute atomic E-state index is 0. The highest BCUT2D eigenvalue weighted by molar-refractivity contribution is 14.0. The van der Waals surface area contributed by atoms with Gasteiger partial charge >= 0.3 is 0 Å². The van der Waals surface area contributed by atoms with Crippen LogP contribution in [0, 0.1) is 0 Å². The van der Waals surface area contributed by atoms with E-state index in [0.29, 0.717) is 22.6 Å². The van der Waals surface area contributed by atoms with Crippen molar-refractivity contribution in [3.8, 4) is 0 Å². The fourth-order valence-electron chi connectivity index (χ4n) is 2.96. The summed E-state index contributed by atoms with van der Waals surface area (Å²) in [4.78, 5) is 9.31. The van der Waals surface area contributed by atoms with Gasteiger partial charge in [-0.15, -0.1) is 24.0 Å². The Bertz CT molecular complexity index is 577. The number of aliphatic imine (C=N–C) groups is 1. The van der Waals surface area contributed by atoms with Gasteiger partial charge in [0.25, 0.3) is 0 Å². The number of benzene rings is 1. The van der Waals surface area contributed by atoms with Gasteiger partial charge in [-0.1, -0.05) is 36.2 Å². The second kappa shape index (κ2) is 12.2. The molecule has 1 heterocycles. The molecule has 5 nitrogen and oxygen atoms in total. The zero-order valence-electron chi connectivity index (χ0n) is 15.8. The number of guanidine groups is 1. The first-order chi connectivity index (χ1) is 12.0. The molecule has 0 bridgehead atoms. The molecule has 0 saturated carbocycles. The van der Waals surface area contributed by atoms with E-state index in [1.165, 1.54) is 0 Å². The van der Waals surface area contributed by atoms with E-state index in [1.807, 2.05) is 12.1 Å². The third-order valence-corrected chi connectivity index (χ3v) is 5.31. The average Bonchev–Trinajstić information content (AvgIpc) is 2.63. The maximum absolute atomic E-state index is 6.21. The number of nitrogens with one attached hydrogen (secondary N) is 2. The van der Waals surface area contributed by atoms with Gasteiger partial charge in [-0.2, -0.15) is 0 Å². The van der Waals surface area contributed by atoms with E-state index in [2.05, 4.69) is 39.3 Å². The van der Waals surface area contributed by atoms with Crippen LogP contribution in [0.3, 0.4) is 0 Å². The van der Waals surface area contributed by atoms with Crippen LogP contribution in [0.4, 0.5) is 0 Å². The normalized spacial score (nSPS) is 17.5. The van der Waals surface area contributed by atoms with Crippen molar-refractivity contribution in [2.75, 3.05) is 46.3 Å². The Labute approximate surface area is 184 Å². The van der Waals surface area contributed by atoms with Gasteiger partial charge in [0.1, 0.15) is 0 Å². The first kappa shape index (κ1) is 23.8. The van der Waals surface area contributed by atoms with Crippen molar-refractivity contribution in [3.05, 3.63) is 33.8 Å². The molecule has 2 rings (SSSR count). The third kappa shape index (κ3) is 7.38. The van der Waals surface area contributed by atoms with Gasteiger partial charge in [0, 0.05) is 62.4 Å². The topological polar surface area (TPSA) is 42.9 Å². The lowest BCUT2D eigenvalue weighted by Gasteiger charge is -2.37. The van der Waals surface area contributed by atoms with Crippen LogP contribution in [0.25, 0.3) is 0 Å². The molecule has 1 unspecified atom stereocenters. The molecule has 0 aromatic heterocycles. The highest BCUT2D eigenvalue weighted by Crippen LogP contribution is 2.20. The molecule has 1 saturated heterocycles. The molecule has 1 aromatic carbocycles. The first-order valence-electron chi connectivity index (χ1n) is 8.88. The number of piperazine rings is 1. The van der Waals surface area contributed by atoms with Gasteiger partial charge in [0.2, 0.25) is 0 Å². The van der Waals surface area contributed by atoms with Crippen molar-refractivity contribution < 1.29 is 0 Å². The standard InChI is InChI=1S/C18H29Cl2N5.HI/c1-4-24-7-9-25(10-8-24)14(2)12-22-18(21-3)23-13-15-5-6-16(19)11-17(15)20;/h5-6,11,14H,4,7-10,12-13H2,1-3H3,(H2,21,22,23);1H. The van der Waals surface area contributed by atoms with Crippen molar-refractivity contribution in [1.29, 1.82) is 0 Å². The van der Waals surface area contributed by atoms with E-state index >= 15 is 0 Å². The predicted molar refractivity (Wildman–Crippen MR) is 123 cm³/mol. The third-order valence-electron chi connectivity index (χ3n) is 4.73. The van der Waals surface area contributed by atoms with Crippen molar-refractivity contribution >= 4 is 53.1 Å². The summed E-state index contributed by atoms with van der Waals surface area (Å²) in [7, 11) is 1.78. The minimum atomic E-state index is 0. The summed E-state index contributed by atoms with van der Waals surface area (Å²) in [5.41, 5.74) is 0.998. The van der Waals surface area contributed by atoms with Gasteiger partial charge in [0.05, 0.1) is 0 Å². The van der Waals surface area contributed by atoms with Crippen LogP contribution in [0.5, 0.6) is 0 Å². The Hall–Kier alpha value is -0.280. The van der Waals surface area contributed by atoms with Crippen LogP contribution in [-0.4, -0.2) is 68.1 Å². The lowest BCUT2D eigenvalue weighted by Crippen LogP contribution is -2.53. The zero-order valence-corrected chi connectivity index (χ0v) is 19.6. The Morgan fingerprint density at radius 2 is 1.88 bits per heavy atom. The van der Waals surface area contributed by atoms with Crippen molar-refractivity contribution in [2.24, 2.45) is 4.99 Å². The van der Waals surface area contributed by atoms with Crippen LogP contribution < -0.4 is 10.6 Å². The first-order valence-corrected chi connectivity index (χ1v) is 9.64. The van der Waals surface area contributed by atoms with Crippen LogP contribution >= 0.6 is 47.2 Å². The number of hydrogen-bond acceptors (Lipinski definition) is 3. The minimum Gasteiger partial charge on any atom is -0.355 e. The number of hydrogen-bond donors (Lipinski definition) is 2. The van der Waals surface area contributed by atoms with Gasteiger partial charge in [-0.25, -0.2) is 0 Å². The number of nitrogens with zero attached hydrogens (tertiary/aromatic N) is 3. The van der Waals surface area contributed by atoms with Crippen LogP contribution in [-0.2, 0) is 6.54 Å². The second-order valence-electron chi connectivity index (χ2n) is 6.36. The highest BCUT2D eigenvalue weighted by atomic mass is 127. The molecule has 26 heavy (non-hydrogen) atoms. The molecule has 1 aliphatic heterocycles. The highest BCUT2D eigenvalue weighted by Gasteiger charge is 2.20. The van der Waals surface area contributed by atoms with Gasteiger partial charge in [0.15, 0.2) is 5.96 Å². The largest absolute Gasteiger partial charge is 0.355 e. The van der Waals surface area contributed by atoms with E-state index in [0.717, 1.165) is 50.8 Å². The molecule has 1 fully saturated rings. The van der Waals surface area contributed by atoms with Crippen LogP contribution in [0.1, 0.15) is 19.4 Å². The monoisotopic (exact) mass is 513 g/mol. The lowest BCUT2D eigenvalue weighted by molar-refractivity contribution is 0.107. The van der Waals surface area contributed by atoms with Crippen LogP contribution in [0.15, 0.2) is 23.2 Å². The Kier molecular flexibility index (Phi) is 11.2. The molecule has 0 aliphatic carbocycles. The average molecular weight is 514 g/mol. The van der Waals surface area contributed by atoms with Gasteiger partial charge in [-0.05, 0) is 31.2 Å². The van der Waals surface area contributed by atoms with E-state index < -0.39 is 0 Å². The maximum Gasteiger partial charge on any atom is 0.191 e. The predicted octanol–water partition coefficient (Wildman–Crippen LogP) is 3.30. The van der Waals surface area contributed by atoms with E-state index in [4.69, 9.17) is 23.2 Å². The summed E-state index contributed by atoms with van der Waals surface area (Å²) < 4.78 is 0. The SMILES string of the molecule is CCN1CCN(C(C)CNC(=NC)NCc2ccc(Cl)cc2Cl)CC1.I. The summed E-state index contributed by atoms with van der Waals surface area (Å²) in [6.07, 6.45) is 0.